The number of halogens is 3. The number of hydrogen-bond donors (Lipinski definition) is 1. The Labute approximate surface area is 192 Å². The Morgan fingerprint density at radius 1 is 1.29 bits per heavy atom. The molecule has 0 saturated heterocycles. The molecule has 1 aliphatic rings. The van der Waals surface area contributed by atoms with Crippen LogP contribution in [0.15, 0.2) is 29.3 Å². The van der Waals surface area contributed by atoms with Gasteiger partial charge >= 0.3 is 11.7 Å². The Morgan fingerprint density at radius 3 is 2.65 bits per heavy atom. The highest BCUT2D eigenvalue weighted by atomic mass is 19.4. The summed E-state index contributed by atoms with van der Waals surface area (Å²) in [7, 11) is 1.44. The van der Waals surface area contributed by atoms with Gasteiger partial charge in [0.25, 0.3) is 0 Å². The van der Waals surface area contributed by atoms with Crippen molar-refractivity contribution in [3.63, 3.8) is 0 Å². The minimum absolute atomic E-state index is 0.0178. The summed E-state index contributed by atoms with van der Waals surface area (Å²) >= 11 is 0. The van der Waals surface area contributed by atoms with Gasteiger partial charge < -0.3 is 19.4 Å². The summed E-state index contributed by atoms with van der Waals surface area (Å²) in [5.41, 5.74) is 0.385. The van der Waals surface area contributed by atoms with Gasteiger partial charge in [0, 0.05) is 43.3 Å². The predicted octanol–water partition coefficient (Wildman–Crippen LogP) is 3.70. The van der Waals surface area contributed by atoms with Crippen LogP contribution in [-0.4, -0.2) is 51.7 Å². The maximum atomic E-state index is 13.5. The average Bonchev–Trinajstić information content (AvgIpc) is 3.54. The third kappa shape index (κ3) is 4.76. The monoisotopic (exact) mass is 479 g/mol. The zero-order valence-electron chi connectivity index (χ0n) is 18.8. The maximum Gasteiger partial charge on any atom is 0.410 e. The van der Waals surface area contributed by atoms with Crippen molar-refractivity contribution in [1.29, 1.82) is 0 Å². The number of anilines is 1. The number of ether oxygens (including phenoxy) is 2. The molecule has 0 aliphatic heterocycles. The van der Waals surface area contributed by atoms with Gasteiger partial charge in [-0.15, -0.1) is 0 Å². The van der Waals surface area contributed by atoms with E-state index in [0.717, 1.165) is 25.3 Å². The van der Waals surface area contributed by atoms with E-state index >= 15 is 0 Å². The molecule has 182 valence electrons. The Morgan fingerprint density at radius 2 is 2.03 bits per heavy atom. The number of pyridine rings is 1. The molecule has 3 aromatic heterocycles. The first-order valence-corrected chi connectivity index (χ1v) is 10.7. The van der Waals surface area contributed by atoms with Crippen LogP contribution in [0.5, 0.6) is 5.75 Å². The molecule has 1 fully saturated rings. The van der Waals surface area contributed by atoms with Gasteiger partial charge in [0.15, 0.2) is 5.75 Å². The number of amides is 1. The van der Waals surface area contributed by atoms with Crippen LogP contribution in [0.3, 0.4) is 0 Å². The number of nitrogens with one attached hydrogen (secondary N) is 1. The Bertz CT molecular complexity index is 1280. The number of alkyl halides is 3. The lowest BCUT2D eigenvalue weighted by Gasteiger charge is -2.19. The molecule has 0 unspecified atom stereocenters. The van der Waals surface area contributed by atoms with E-state index in [1.165, 1.54) is 20.1 Å². The van der Waals surface area contributed by atoms with Gasteiger partial charge in [-0.2, -0.15) is 18.3 Å². The minimum Gasteiger partial charge on any atom is -0.485 e. The van der Waals surface area contributed by atoms with Crippen LogP contribution in [-0.2, 0) is 9.53 Å². The molecular weight excluding hydrogens is 455 g/mol. The largest absolute Gasteiger partial charge is 0.485 e. The van der Waals surface area contributed by atoms with E-state index in [0.29, 0.717) is 21.4 Å². The van der Waals surface area contributed by atoms with Crippen LogP contribution >= 0.6 is 0 Å². The van der Waals surface area contributed by atoms with Crippen molar-refractivity contribution in [2.75, 3.05) is 25.6 Å². The first-order chi connectivity index (χ1) is 16.1. The molecule has 1 saturated carbocycles. The van der Waals surface area contributed by atoms with E-state index in [1.807, 2.05) is 4.57 Å². The molecule has 9 nitrogen and oxygen atoms in total. The molecule has 0 bridgehead atoms. The maximum absolute atomic E-state index is 13.5. The lowest BCUT2D eigenvalue weighted by atomic mass is 10.1. The number of methoxy groups -OCH3 is 1. The molecule has 1 amide bonds. The molecule has 4 rings (SSSR count). The van der Waals surface area contributed by atoms with Gasteiger partial charge in [0.1, 0.15) is 18.5 Å². The summed E-state index contributed by atoms with van der Waals surface area (Å²) in [6, 6.07) is 1.04. The van der Waals surface area contributed by atoms with Crippen LogP contribution in [0.4, 0.5) is 19.0 Å². The Hall–Kier alpha value is -3.41. The number of aromatic nitrogens is 4. The van der Waals surface area contributed by atoms with Crippen molar-refractivity contribution < 1.29 is 27.4 Å². The lowest BCUT2D eigenvalue weighted by molar-refractivity contribution is -0.166. The van der Waals surface area contributed by atoms with E-state index in [2.05, 4.69) is 15.4 Å². The second kappa shape index (κ2) is 9.09. The Balaban J connectivity index is 1.91. The fourth-order valence-corrected chi connectivity index (χ4v) is 3.62. The fourth-order valence-electron chi connectivity index (χ4n) is 3.62. The molecule has 12 heteroatoms. The van der Waals surface area contributed by atoms with Crippen LogP contribution < -0.4 is 15.6 Å². The van der Waals surface area contributed by atoms with E-state index in [9.17, 15) is 22.8 Å². The van der Waals surface area contributed by atoms with Crippen LogP contribution in [0.2, 0.25) is 0 Å². The highest BCUT2D eigenvalue weighted by Crippen LogP contribution is 2.41. The highest BCUT2D eigenvalue weighted by molar-refractivity contribution is 5.98. The number of fused-ring (bicyclic) bond motifs is 1. The summed E-state index contributed by atoms with van der Waals surface area (Å²) in [6.45, 7) is 2.35. The number of carbonyl (C=O) groups is 1. The molecule has 3 aromatic rings. The summed E-state index contributed by atoms with van der Waals surface area (Å²) < 4.78 is 53.3. The first-order valence-electron chi connectivity index (χ1n) is 10.7. The van der Waals surface area contributed by atoms with Crippen LogP contribution in [0.1, 0.15) is 38.8 Å². The third-order valence-electron chi connectivity index (χ3n) is 5.53. The van der Waals surface area contributed by atoms with Gasteiger partial charge in [0.2, 0.25) is 5.91 Å². The van der Waals surface area contributed by atoms with Gasteiger partial charge in [0.05, 0.1) is 24.0 Å². The van der Waals surface area contributed by atoms with E-state index in [-0.39, 0.29) is 36.6 Å². The third-order valence-corrected chi connectivity index (χ3v) is 5.53. The van der Waals surface area contributed by atoms with E-state index in [4.69, 9.17) is 9.47 Å². The normalized spacial score (nSPS) is 14.9. The molecule has 0 radical (unpaired) electrons. The van der Waals surface area contributed by atoms with E-state index in [1.54, 1.807) is 18.5 Å². The number of nitrogens with zero attached hydrogens (tertiary/aromatic N) is 4. The van der Waals surface area contributed by atoms with Gasteiger partial charge in [-0.1, -0.05) is 0 Å². The summed E-state index contributed by atoms with van der Waals surface area (Å²) in [5.74, 6) is -0.278. The Kier molecular flexibility index (Phi) is 6.34. The number of carbonyl (C=O) groups excluding carboxylic acids is 1. The fraction of sp³-hybridized carbons (Fsp3) is 0.455. The van der Waals surface area contributed by atoms with Crippen molar-refractivity contribution in [1.82, 2.24) is 19.3 Å². The van der Waals surface area contributed by atoms with Crippen molar-refractivity contribution in [2.45, 2.75) is 44.9 Å². The molecule has 0 spiro atoms. The van der Waals surface area contributed by atoms with Crippen LogP contribution in [0.25, 0.3) is 22.2 Å². The molecule has 0 aromatic carbocycles. The van der Waals surface area contributed by atoms with Gasteiger partial charge in [-0.3, -0.25) is 9.59 Å². The smallest absolute Gasteiger partial charge is 0.410 e. The van der Waals surface area contributed by atoms with Gasteiger partial charge in [-0.05, 0) is 25.8 Å². The minimum atomic E-state index is -4.69. The average molecular weight is 479 g/mol. The summed E-state index contributed by atoms with van der Waals surface area (Å²) in [4.78, 5) is 28.5. The number of hydrogen-bond acceptors (Lipinski definition) is 6. The van der Waals surface area contributed by atoms with Crippen molar-refractivity contribution in [2.24, 2.45) is 0 Å². The highest BCUT2D eigenvalue weighted by Gasteiger charge is 2.39. The second-order valence-electron chi connectivity index (χ2n) is 8.15. The zero-order valence-corrected chi connectivity index (χ0v) is 18.8. The quantitative estimate of drug-likeness (QED) is 0.495. The first kappa shape index (κ1) is 23.7. The van der Waals surface area contributed by atoms with Crippen molar-refractivity contribution >= 4 is 22.6 Å². The zero-order chi connectivity index (χ0) is 24.6. The molecule has 1 aliphatic carbocycles. The van der Waals surface area contributed by atoms with E-state index < -0.39 is 17.8 Å². The topological polar surface area (TPSA) is 100 Å². The van der Waals surface area contributed by atoms with Crippen molar-refractivity contribution in [3.8, 4) is 17.0 Å². The molecule has 3 heterocycles. The van der Waals surface area contributed by atoms with Gasteiger partial charge in [-0.25, -0.2) is 9.67 Å². The SMILES string of the molecule is COCCOc1cc(-c2cn(C3CC3)c3cnc(NC(C)=O)cc23)nn([C@@H](C)C(F)(F)F)c1=O. The van der Waals surface area contributed by atoms with Crippen LogP contribution in [0, 0.1) is 0 Å². The molecular formula is C22H24F3N5O4. The predicted molar refractivity (Wildman–Crippen MR) is 118 cm³/mol. The molecule has 34 heavy (non-hydrogen) atoms. The standard InChI is InChI=1S/C22H24F3N5O4/c1-12(22(23,24)25)30-21(32)19(34-7-6-33-3)9-17(28-30)16-11-29(14-4-5-14)18-10-26-20(8-15(16)18)27-13(2)31/h8-12,14H,4-7H2,1-3H3,(H,26,27,31)/t12-/m0/s1. The molecule has 1 N–H and O–H groups in total. The number of rotatable bonds is 8. The van der Waals surface area contributed by atoms with Crippen molar-refractivity contribution in [3.05, 3.63) is 34.9 Å². The summed E-state index contributed by atoms with van der Waals surface area (Å²) in [5, 5.41) is 7.33. The lowest BCUT2D eigenvalue weighted by Crippen LogP contribution is -2.35. The second-order valence-corrected chi connectivity index (χ2v) is 8.15. The summed E-state index contributed by atoms with van der Waals surface area (Å²) in [6.07, 6.45) is 0.618. The molecule has 1 atom stereocenters.